The first kappa shape index (κ1) is 11.7. The van der Waals surface area contributed by atoms with Gasteiger partial charge in [-0.3, -0.25) is 4.79 Å². The largest absolute Gasteiger partial charge is 0.293 e. The highest BCUT2D eigenvalue weighted by Gasteiger charge is 2.15. The molecule has 0 amide bonds. The third-order valence-corrected chi connectivity index (χ3v) is 2.83. The number of hydrogen-bond acceptors (Lipinski definition) is 1. The summed E-state index contributed by atoms with van der Waals surface area (Å²) in [4.78, 5) is 11.7. The highest BCUT2D eigenvalue weighted by Crippen LogP contribution is 2.18. The van der Waals surface area contributed by atoms with E-state index in [1.807, 2.05) is 25.1 Å². The van der Waals surface area contributed by atoms with E-state index in [2.05, 4.69) is 15.9 Å². The third-order valence-electron chi connectivity index (χ3n) is 2.03. The van der Waals surface area contributed by atoms with Crippen molar-refractivity contribution in [3.8, 4) is 0 Å². The Balaban J connectivity index is 3.14. The van der Waals surface area contributed by atoms with Crippen LogP contribution in [0.5, 0.6) is 0 Å². The zero-order valence-corrected chi connectivity index (χ0v) is 10.5. The molecule has 0 spiro atoms. The summed E-state index contributed by atoms with van der Waals surface area (Å²) in [6, 6.07) is 5.77. The van der Waals surface area contributed by atoms with Gasteiger partial charge in [0.2, 0.25) is 0 Å². The molecule has 14 heavy (non-hydrogen) atoms. The zero-order valence-electron chi connectivity index (χ0n) is 8.18. The van der Waals surface area contributed by atoms with E-state index in [0.717, 1.165) is 16.7 Å². The van der Waals surface area contributed by atoms with E-state index >= 15 is 0 Å². The van der Waals surface area contributed by atoms with E-state index in [1.165, 1.54) is 0 Å². The quantitative estimate of drug-likeness (QED) is 0.607. The maximum absolute atomic E-state index is 11.7. The highest BCUT2D eigenvalue weighted by molar-refractivity contribution is 9.08. The lowest BCUT2D eigenvalue weighted by atomic mass is 10.0. The van der Waals surface area contributed by atoms with Crippen LogP contribution in [0.4, 0.5) is 0 Å². The lowest BCUT2D eigenvalue weighted by Gasteiger charge is -2.08. The van der Waals surface area contributed by atoms with Crippen LogP contribution < -0.4 is 0 Å². The maximum Gasteiger partial charge on any atom is 0.180 e. The summed E-state index contributed by atoms with van der Waals surface area (Å²) >= 11 is 9.13. The summed E-state index contributed by atoms with van der Waals surface area (Å²) in [6.07, 6.45) is 0. The van der Waals surface area contributed by atoms with Gasteiger partial charge in [0.05, 0.1) is 5.38 Å². The Kier molecular flexibility index (Phi) is 4.14. The van der Waals surface area contributed by atoms with E-state index in [0.29, 0.717) is 5.33 Å². The van der Waals surface area contributed by atoms with Crippen molar-refractivity contribution in [2.45, 2.75) is 24.6 Å². The lowest BCUT2D eigenvalue weighted by Crippen LogP contribution is -2.12. The number of alkyl halides is 2. The molecule has 0 N–H and O–H groups in total. The number of carbonyl (C=O) groups is 1. The molecule has 1 unspecified atom stereocenters. The molecule has 1 aromatic carbocycles. The van der Waals surface area contributed by atoms with Crippen molar-refractivity contribution in [1.29, 1.82) is 0 Å². The first-order valence-electron chi connectivity index (χ1n) is 4.40. The molecule has 0 radical (unpaired) electrons. The SMILES string of the molecule is Cc1ccc(C(=O)C(C)Cl)c(CBr)c1. The molecule has 3 heteroatoms. The second kappa shape index (κ2) is 4.94. The Morgan fingerprint density at radius 3 is 2.71 bits per heavy atom. The molecule has 0 aromatic heterocycles. The van der Waals surface area contributed by atoms with Gasteiger partial charge in [0.15, 0.2) is 5.78 Å². The molecule has 0 bridgehead atoms. The molecular formula is C11H12BrClO. The number of benzene rings is 1. The Bertz CT molecular complexity index is 347. The van der Waals surface area contributed by atoms with Gasteiger partial charge >= 0.3 is 0 Å². The van der Waals surface area contributed by atoms with Crippen LogP contribution in [-0.4, -0.2) is 11.2 Å². The number of halogens is 2. The number of aryl methyl sites for hydroxylation is 1. The number of rotatable bonds is 3. The molecule has 1 atom stereocenters. The average Bonchev–Trinajstić information content (AvgIpc) is 2.16. The first-order valence-corrected chi connectivity index (χ1v) is 5.96. The fourth-order valence-electron chi connectivity index (χ4n) is 1.29. The fraction of sp³-hybridized carbons (Fsp3) is 0.364. The van der Waals surface area contributed by atoms with Gasteiger partial charge in [0.1, 0.15) is 0 Å². The van der Waals surface area contributed by atoms with Crippen molar-refractivity contribution < 1.29 is 4.79 Å². The van der Waals surface area contributed by atoms with Crippen LogP contribution >= 0.6 is 27.5 Å². The summed E-state index contributed by atoms with van der Waals surface area (Å²) in [6.45, 7) is 3.70. The van der Waals surface area contributed by atoms with E-state index in [4.69, 9.17) is 11.6 Å². The second-order valence-electron chi connectivity index (χ2n) is 3.27. The maximum atomic E-state index is 11.7. The van der Waals surface area contributed by atoms with Crippen LogP contribution in [0.2, 0.25) is 0 Å². The minimum absolute atomic E-state index is 0.0129. The van der Waals surface area contributed by atoms with Crippen LogP contribution in [0, 0.1) is 6.92 Å². The van der Waals surface area contributed by atoms with Gasteiger partial charge in [0.25, 0.3) is 0 Å². The molecule has 0 fully saturated rings. The predicted molar refractivity (Wildman–Crippen MR) is 63.5 cm³/mol. The number of ketones is 1. The predicted octanol–water partition coefficient (Wildman–Crippen LogP) is 3.70. The van der Waals surface area contributed by atoms with Crippen LogP contribution in [0.1, 0.15) is 28.4 Å². The van der Waals surface area contributed by atoms with Gasteiger partial charge in [-0.25, -0.2) is 0 Å². The monoisotopic (exact) mass is 274 g/mol. The van der Waals surface area contributed by atoms with Crippen molar-refractivity contribution in [3.63, 3.8) is 0 Å². The summed E-state index contributed by atoms with van der Waals surface area (Å²) in [7, 11) is 0. The topological polar surface area (TPSA) is 17.1 Å². The van der Waals surface area contributed by atoms with Gasteiger partial charge in [-0.1, -0.05) is 39.7 Å². The second-order valence-corrected chi connectivity index (χ2v) is 4.49. The molecule has 1 rings (SSSR count). The summed E-state index contributed by atoms with van der Waals surface area (Å²) < 4.78 is 0. The van der Waals surface area contributed by atoms with Crippen molar-refractivity contribution in [2.75, 3.05) is 0 Å². The first-order chi connectivity index (χ1) is 6.56. The molecule has 76 valence electrons. The summed E-state index contributed by atoms with van der Waals surface area (Å²) in [5, 5.41) is 0.217. The van der Waals surface area contributed by atoms with Crippen LogP contribution in [-0.2, 0) is 5.33 Å². The Morgan fingerprint density at radius 1 is 1.57 bits per heavy atom. The molecule has 0 aliphatic heterocycles. The highest BCUT2D eigenvalue weighted by atomic mass is 79.9. The fourth-order valence-corrected chi connectivity index (χ4v) is 1.87. The third kappa shape index (κ3) is 2.58. The standard InChI is InChI=1S/C11H12BrClO/c1-7-3-4-10(9(5-7)6-12)11(14)8(2)13/h3-5,8H,6H2,1-2H3. The van der Waals surface area contributed by atoms with Crippen molar-refractivity contribution in [3.05, 3.63) is 34.9 Å². The molecule has 0 aliphatic carbocycles. The van der Waals surface area contributed by atoms with Gasteiger partial charge in [-0.05, 0) is 19.4 Å². The minimum Gasteiger partial charge on any atom is -0.293 e. The van der Waals surface area contributed by atoms with Gasteiger partial charge in [-0.2, -0.15) is 0 Å². The number of hydrogen-bond donors (Lipinski definition) is 0. The van der Waals surface area contributed by atoms with Gasteiger partial charge < -0.3 is 0 Å². The normalized spacial score (nSPS) is 12.6. The summed E-state index contributed by atoms with van der Waals surface area (Å²) in [5.74, 6) is -0.0129. The molecule has 1 aromatic rings. The molecule has 0 saturated heterocycles. The van der Waals surface area contributed by atoms with Crippen LogP contribution in [0.15, 0.2) is 18.2 Å². The van der Waals surface area contributed by atoms with E-state index in [1.54, 1.807) is 6.92 Å². The van der Waals surface area contributed by atoms with Crippen molar-refractivity contribution >= 4 is 33.3 Å². The van der Waals surface area contributed by atoms with Gasteiger partial charge in [-0.15, -0.1) is 11.6 Å². The van der Waals surface area contributed by atoms with Gasteiger partial charge in [0, 0.05) is 10.9 Å². The Labute approximate surface area is 97.6 Å². The Hall–Kier alpha value is -0.340. The van der Waals surface area contributed by atoms with Crippen molar-refractivity contribution in [1.82, 2.24) is 0 Å². The average molecular weight is 276 g/mol. The molecule has 1 nitrogen and oxygen atoms in total. The lowest BCUT2D eigenvalue weighted by molar-refractivity contribution is 0.0991. The summed E-state index contributed by atoms with van der Waals surface area (Å²) in [5.41, 5.74) is 2.87. The Morgan fingerprint density at radius 2 is 2.21 bits per heavy atom. The number of Topliss-reactive ketones (excluding diaryl/α,β-unsaturated/α-hetero) is 1. The molecule has 0 aliphatic rings. The zero-order chi connectivity index (χ0) is 10.7. The van der Waals surface area contributed by atoms with E-state index < -0.39 is 5.38 Å². The minimum atomic E-state index is -0.462. The van der Waals surface area contributed by atoms with E-state index in [-0.39, 0.29) is 5.78 Å². The van der Waals surface area contributed by atoms with Crippen LogP contribution in [0.3, 0.4) is 0 Å². The van der Waals surface area contributed by atoms with E-state index in [9.17, 15) is 4.79 Å². The molecular weight excluding hydrogens is 263 g/mol. The smallest absolute Gasteiger partial charge is 0.180 e. The van der Waals surface area contributed by atoms with Crippen molar-refractivity contribution in [2.24, 2.45) is 0 Å². The number of carbonyl (C=O) groups excluding carboxylic acids is 1. The molecule has 0 saturated carbocycles. The molecule has 0 heterocycles. The van der Waals surface area contributed by atoms with Crippen LogP contribution in [0.25, 0.3) is 0 Å².